The molecule has 0 bridgehead atoms. The molecule has 0 saturated carbocycles. The predicted molar refractivity (Wildman–Crippen MR) is 77.0 cm³/mol. The van der Waals surface area contributed by atoms with Gasteiger partial charge >= 0.3 is 0 Å². The fourth-order valence-electron chi connectivity index (χ4n) is 2.22. The summed E-state index contributed by atoms with van der Waals surface area (Å²) in [6.07, 6.45) is -0.539. The van der Waals surface area contributed by atoms with E-state index in [1.165, 1.54) is 0 Å². The van der Waals surface area contributed by atoms with Crippen LogP contribution in [-0.2, 0) is 0 Å². The van der Waals surface area contributed by atoms with Crippen molar-refractivity contribution in [3.05, 3.63) is 4.88 Å². The van der Waals surface area contributed by atoms with Crippen LogP contribution in [0.1, 0.15) is 22.5 Å². The molecule has 0 radical (unpaired) electrons. The van der Waals surface area contributed by atoms with E-state index >= 15 is 0 Å². The fraction of sp³-hybridized carbons (Fsp3) is 0.667. The Morgan fingerprint density at radius 1 is 1.48 bits per heavy atom. The van der Waals surface area contributed by atoms with E-state index in [9.17, 15) is 13.6 Å². The third kappa shape index (κ3) is 3.79. The number of alkyl halides is 2. The van der Waals surface area contributed by atoms with Crippen LogP contribution in [0.3, 0.4) is 0 Å². The van der Waals surface area contributed by atoms with Crippen LogP contribution in [0.5, 0.6) is 0 Å². The Morgan fingerprint density at radius 3 is 2.71 bits per heavy atom. The van der Waals surface area contributed by atoms with Gasteiger partial charge in [-0.3, -0.25) is 4.79 Å². The number of nitrogen functional groups attached to an aromatic ring is 1. The highest BCUT2D eigenvalue weighted by Gasteiger charge is 2.26. The van der Waals surface area contributed by atoms with Crippen molar-refractivity contribution in [3.63, 3.8) is 0 Å². The fourth-order valence-corrected chi connectivity index (χ4v) is 3.23. The molecule has 1 aliphatic heterocycles. The number of carbonyl (C=O) groups excluding carboxylic acids is 1. The third-order valence-electron chi connectivity index (χ3n) is 3.23. The molecule has 1 aliphatic rings. The van der Waals surface area contributed by atoms with E-state index in [2.05, 4.69) is 4.98 Å². The lowest BCUT2D eigenvalue weighted by molar-refractivity contribution is 0.0514. The van der Waals surface area contributed by atoms with Crippen LogP contribution in [0, 0.1) is 0 Å². The molecular formula is C12H18F2N4O2S. The normalized spacial score (nSPS) is 15.0. The van der Waals surface area contributed by atoms with Gasteiger partial charge < -0.3 is 20.6 Å². The number of nitrogens with zero attached hydrogens (tertiary/aromatic N) is 3. The number of hydrogen-bond acceptors (Lipinski definition) is 6. The molecule has 0 atom stereocenters. The highest BCUT2D eigenvalue weighted by atomic mass is 32.1. The maximum absolute atomic E-state index is 12.5. The van der Waals surface area contributed by atoms with Crippen LogP contribution < -0.4 is 10.6 Å². The van der Waals surface area contributed by atoms with Gasteiger partial charge in [0.15, 0.2) is 5.13 Å². The summed E-state index contributed by atoms with van der Waals surface area (Å²) in [7, 11) is 0. The summed E-state index contributed by atoms with van der Waals surface area (Å²) in [5.41, 5.74) is 5.75. The lowest BCUT2D eigenvalue weighted by Gasteiger charge is -2.20. The van der Waals surface area contributed by atoms with Gasteiger partial charge in [0.2, 0.25) is 0 Å². The lowest BCUT2D eigenvalue weighted by Crippen LogP contribution is -2.37. The Kier molecular flexibility index (Phi) is 5.29. The molecule has 1 amide bonds. The molecule has 6 nitrogen and oxygen atoms in total. The maximum Gasteiger partial charge on any atom is 0.268 e. The van der Waals surface area contributed by atoms with E-state index in [4.69, 9.17) is 10.8 Å². The van der Waals surface area contributed by atoms with E-state index in [-0.39, 0.29) is 23.8 Å². The number of aromatic nitrogens is 1. The summed E-state index contributed by atoms with van der Waals surface area (Å²) in [5, 5.41) is 9.55. The van der Waals surface area contributed by atoms with E-state index in [0.717, 1.165) is 42.2 Å². The highest BCUT2D eigenvalue weighted by Crippen LogP contribution is 2.31. The van der Waals surface area contributed by atoms with E-state index in [1.54, 1.807) is 0 Å². The minimum absolute atomic E-state index is 0.0594. The summed E-state index contributed by atoms with van der Waals surface area (Å²) in [6, 6.07) is 0. The maximum atomic E-state index is 12.5. The quantitative estimate of drug-likeness (QED) is 0.818. The Hall–Kier alpha value is -1.48. The molecule has 2 heterocycles. The Bertz CT molecular complexity index is 492. The number of hydrogen-bond donors (Lipinski definition) is 2. The lowest BCUT2D eigenvalue weighted by atomic mass is 10.4. The van der Waals surface area contributed by atoms with Crippen molar-refractivity contribution in [1.82, 2.24) is 9.88 Å². The van der Waals surface area contributed by atoms with E-state index < -0.39 is 18.9 Å². The number of thiazole rings is 1. The average molecular weight is 320 g/mol. The molecule has 0 aromatic carbocycles. The molecule has 1 fully saturated rings. The average Bonchev–Trinajstić information content (AvgIpc) is 3.05. The standard InChI is InChI=1S/C12H18F2N4O2S/c13-8(14)7-18(5-6-19)11(20)9-10(15)16-12(21-9)17-3-1-2-4-17/h8,19H,1-7,15H2. The highest BCUT2D eigenvalue weighted by molar-refractivity contribution is 7.18. The number of aliphatic hydroxyl groups excluding tert-OH is 1. The molecule has 21 heavy (non-hydrogen) atoms. The first-order valence-corrected chi connectivity index (χ1v) is 7.54. The monoisotopic (exact) mass is 320 g/mol. The molecule has 0 unspecified atom stereocenters. The van der Waals surface area contributed by atoms with Gasteiger partial charge in [-0.15, -0.1) is 0 Å². The summed E-state index contributed by atoms with van der Waals surface area (Å²) in [4.78, 5) is 19.5. The van der Waals surface area contributed by atoms with E-state index in [0.29, 0.717) is 5.13 Å². The first-order valence-electron chi connectivity index (χ1n) is 6.72. The van der Waals surface area contributed by atoms with Crippen LogP contribution in [0.25, 0.3) is 0 Å². The molecule has 9 heteroatoms. The predicted octanol–water partition coefficient (Wildman–Crippen LogP) is 1.03. The van der Waals surface area contributed by atoms with Crippen LogP contribution in [0.2, 0.25) is 0 Å². The number of amides is 1. The number of aliphatic hydroxyl groups is 1. The second-order valence-electron chi connectivity index (χ2n) is 4.77. The second-order valence-corrected chi connectivity index (χ2v) is 5.75. The zero-order chi connectivity index (χ0) is 15.4. The molecule has 2 rings (SSSR count). The SMILES string of the molecule is Nc1nc(N2CCCC2)sc1C(=O)N(CCO)CC(F)F. The summed E-state index contributed by atoms with van der Waals surface area (Å²) < 4.78 is 25.0. The van der Waals surface area contributed by atoms with Gasteiger partial charge in [0, 0.05) is 19.6 Å². The van der Waals surface area contributed by atoms with E-state index in [1.807, 2.05) is 4.90 Å². The summed E-state index contributed by atoms with van der Waals surface area (Å²) >= 11 is 1.12. The third-order valence-corrected chi connectivity index (χ3v) is 4.35. The first-order chi connectivity index (χ1) is 10.0. The number of rotatable bonds is 6. The largest absolute Gasteiger partial charge is 0.395 e. The van der Waals surface area contributed by atoms with Crippen molar-refractivity contribution in [2.75, 3.05) is 43.4 Å². The molecule has 3 N–H and O–H groups in total. The Labute approximate surface area is 125 Å². The molecule has 0 aliphatic carbocycles. The molecule has 1 saturated heterocycles. The van der Waals surface area contributed by atoms with Crippen LogP contribution in [-0.4, -0.2) is 60.1 Å². The smallest absolute Gasteiger partial charge is 0.268 e. The minimum atomic E-state index is -2.66. The van der Waals surface area contributed by atoms with Gasteiger partial charge in [0.05, 0.1) is 13.2 Å². The minimum Gasteiger partial charge on any atom is -0.395 e. The van der Waals surface area contributed by atoms with Crippen molar-refractivity contribution in [2.45, 2.75) is 19.3 Å². The zero-order valence-corrected chi connectivity index (χ0v) is 12.3. The number of halogens is 2. The van der Waals surface area contributed by atoms with Crippen LogP contribution in [0.15, 0.2) is 0 Å². The van der Waals surface area contributed by atoms with Crippen LogP contribution in [0.4, 0.5) is 19.7 Å². The van der Waals surface area contributed by atoms with Gasteiger partial charge in [-0.2, -0.15) is 0 Å². The Balaban J connectivity index is 2.16. The van der Waals surface area contributed by atoms with Crippen molar-refractivity contribution in [3.8, 4) is 0 Å². The zero-order valence-electron chi connectivity index (χ0n) is 11.5. The van der Waals surface area contributed by atoms with Gasteiger partial charge in [0.1, 0.15) is 10.7 Å². The van der Waals surface area contributed by atoms with Crippen molar-refractivity contribution in [1.29, 1.82) is 0 Å². The molecule has 118 valence electrons. The van der Waals surface area contributed by atoms with Crippen molar-refractivity contribution >= 4 is 28.2 Å². The second kappa shape index (κ2) is 6.99. The number of anilines is 2. The van der Waals surface area contributed by atoms with Gasteiger partial charge in [0.25, 0.3) is 12.3 Å². The van der Waals surface area contributed by atoms with Gasteiger partial charge in [-0.1, -0.05) is 11.3 Å². The molecule has 1 aromatic rings. The van der Waals surface area contributed by atoms with Crippen molar-refractivity contribution < 1.29 is 18.7 Å². The van der Waals surface area contributed by atoms with Gasteiger partial charge in [-0.05, 0) is 12.8 Å². The summed E-state index contributed by atoms with van der Waals surface area (Å²) in [6.45, 7) is 0.460. The topological polar surface area (TPSA) is 82.7 Å². The summed E-state index contributed by atoms with van der Waals surface area (Å²) in [5.74, 6) is -0.547. The molecule has 1 aromatic heterocycles. The van der Waals surface area contributed by atoms with Crippen LogP contribution >= 0.6 is 11.3 Å². The number of nitrogens with two attached hydrogens (primary N) is 1. The van der Waals surface area contributed by atoms with Gasteiger partial charge in [-0.25, -0.2) is 13.8 Å². The first kappa shape index (κ1) is 15.9. The van der Waals surface area contributed by atoms with Crippen molar-refractivity contribution in [2.24, 2.45) is 0 Å². The number of carbonyl (C=O) groups is 1. The Morgan fingerprint density at radius 2 is 2.14 bits per heavy atom. The molecule has 0 spiro atoms. The molecular weight excluding hydrogens is 302 g/mol.